The van der Waals surface area contributed by atoms with Gasteiger partial charge in [0.2, 0.25) is 0 Å². The van der Waals surface area contributed by atoms with Crippen molar-refractivity contribution in [1.82, 2.24) is 9.78 Å². The number of hydrogen-bond donors (Lipinski definition) is 1. The molecule has 2 rings (SSSR count). The minimum Gasteiger partial charge on any atom is -0.493 e. The van der Waals surface area contributed by atoms with Gasteiger partial charge in [0, 0.05) is 31.4 Å². The predicted octanol–water partition coefficient (Wildman–Crippen LogP) is 1.93. The van der Waals surface area contributed by atoms with Gasteiger partial charge in [0.15, 0.2) is 0 Å². The smallest absolute Gasteiger partial charge is 0.119 e. The van der Waals surface area contributed by atoms with Crippen molar-refractivity contribution in [3.63, 3.8) is 0 Å². The predicted molar refractivity (Wildman–Crippen MR) is 76.2 cm³/mol. The van der Waals surface area contributed by atoms with E-state index in [4.69, 9.17) is 10.5 Å². The van der Waals surface area contributed by atoms with Crippen molar-refractivity contribution in [3.8, 4) is 5.75 Å². The molecule has 0 aliphatic heterocycles. The molecule has 4 heteroatoms. The number of nitrogens with two attached hydrogens (primary N) is 1. The van der Waals surface area contributed by atoms with Crippen molar-refractivity contribution in [3.05, 3.63) is 47.8 Å². The van der Waals surface area contributed by atoms with Crippen LogP contribution in [-0.4, -0.2) is 22.4 Å². The van der Waals surface area contributed by atoms with Gasteiger partial charge < -0.3 is 10.5 Å². The first-order chi connectivity index (χ1) is 9.15. The Hall–Kier alpha value is -1.81. The molecule has 19 heavy (non-hydrogen) atoms. The van der Waals surface area contributed by atoms with Gasteiger partial charge in [0.1, 0.15) is 5.75 Å². The number of rotatable bonds is 6. The molecule has 0 saturated heterocycles. The van der Waals surface area contributed by atoms with E-state index in [9.17, 15) is 0 Å². The third kappa shape index (κ3) is 4.10. The van der Waals surface area contributed by atoms with Crippen LogP contribution >= 0.6 is 0 Å². The number of aryl methyl sites for hydroxylation is 1. The van der Waals surface area contributed by atoms with Crippen LogP contribution in [0.1, 0.15) is 18.2 Å². The van der Waals surface area contributed by atoms with Gasteiger partial charge in [0.05, 0.1) is 6.61 Å². The first-order valence-electron chi connectivity index (χ1n) is 6.59. The monoisotopic (exact) mass is 259 g/mol. The summed E-state index contributed by atoms with van der Waals surface area (Å²) >= 11 is 0. The molecule has 0 bridgehead atoms. The van der Waals surface area contributed by atoms with Gasteiger partial charge in [-0.3, -0.25) is 4.68 Å². The molecule has 2 N–H and O–H groups in total. The fraction of sp³-hybridized carbons (Fsp3) is 0.400. The zero-order valence-corrected chi connectivity index (χ0v) is 11.5. The molecule has 1 aromatic carbocycles. The molecule has 0 aliphatic carbocycles. The fourth-order valence-electron chi connectivity index (χ4n) is 2.05. The Morgan fingerprint density at radius 1 is 1.37 bits per heavy atom. The maximum absolute atomic E-state index is 5.80. The van der Waals surface area contributed by atoms with Gasteiger partial charge in [-0.1, -0.05) is 12.1 Å². The van der Waals surface area contributed by atoms with E-state index >= 15 is 0 Å². The van der Waals surface area contributed by atoms with E-state index in [1.54, 1.807) is 6.20 Å². The lowest BCUT2D eigenvalue weighted by atomic mass is 10.1. The Bertz CT molecular complexity index is 520. The van der Waals surface area contributed by atoms with Crippen LogP contribution in [0.15, 0.2) is 36.5 Å². The molecule has 1 unspecified atom stereocenters. The Labute approximate surface area is 114 Å². The third-order valence-electron chi connectivity index (χ3n) is 3.01. The summed E-state index contributed by atoms with van der Waals surface area (Å²) in [5.41, 5.74) is 8.19. The first-order valence-corrected chi connectivity index (χ1v) is 6.59. The maximum atomic E-state index is 5.80. The molecule has 1 aromatic heterocycles. The molecule has 1 heterocycles. The van der Waals surface area contributed by atoms with E-state index in [1.165, 1.54) is 11.3 Å². The van der Waals surface area contributed by atoms with Crippen LogP contribution in [0.5, 0.6) is 5.75 Å². The summed E-state index contributed by atoms with van der Waals surface area (Å²) in [7, 11) is 1.94. The second-order valence-corrected chi connectivity index (χ2v) is 4.87. The highest BCUT2D eigenvalue weighted by Crippen LogP contribution is 2.14. The maximum Gasteiger partial charge on any atom is 0.119 e. The average Bonchev–Trinajstić information content (AvgIpc) is 2.75. The highest BCUT2D eigenvalue weighted by atomic mass is 16.5. The number of aromatic nitrogens is 2. The van der Waals surface area contributed by atoms with Gasteiger partial charge in [-0.2, -0.15) is 5.10 Å². The van der Waals surface area contributed by atoms with Crippen LogP contribution in [0.25, 0.3) is 0 Å². The van der Waals surface area contributed by atoms with Crippen molar-refractivity contribution >= 4 is 0 Å². The molecule has 0 radical (unpaired) electrons. The van der Waals surface area contributed by atoms with Crippen molar-refractivity contribution in [2.75, 3.05) is 6.61 Å². The average molecular weight is 259 g/mol. The molecule has 0 aliphatic rings. The SMILES string of the molecule is CC(N)Cc1cccc(OCCc2ccnn2C)c1. The molecule has 1 atom stereocenters. The van der Waals surface area contributed by atoms with E-state index in [1.807, 2.05) is 36.9 Å². The summed E-state index contributed by atoms with van der Waals surface area (Å²) < 4.78 is 7.65. The summed E-state index contributed by atoms with van der Waals surface area (Å²) in [5.74, 6) is 0.903. The van der Waals surface area contributed by atoms with E-state index in [0.717, 1.165) is 18.6 Å². The minimum atomic E-state index is 0.171. The Balaban J connectivity index is 1.87. The fourth-order valence-corrected chi connectivity index (χ4v) is 2.05. The highest BCUT2D eigenvalue weighted by Gasteiger charge is 2.02. The van der Waals surface area contributed by atoms with Gasteiger partial charge in [-0.05, 0) is 37.1 Å². The van der Waals surface area contributed by atoms with Crippen molar-refractivity contribution in [1.29, 1.82) is 0 Å². The summed E-state index contributed by atoms with van der Waals surface area (Å²) in [6, 6.07) is 10.3. The van der Waals surface area contributed by atoms with Crippen molar-refractivity contribution < 1.29 is 4.74 Å². The van der Waals surface area contributed by atoms with Crippen molar-refractivity contribution in [2.24, 2.45) is 12.8 Å². The normalized spacial score (nSPS) is 12.4. The van der Waals surface area contributed by atoms with Crippen LogP contribution < -0.4 is 10.5 Å². The number of hydrogen-bond acceptors (Lipinski definition) is 3. The first kappa shape index (κ1) is 13.6. The molecule has 0 amide bonds. The summed E-state index contributed by atoms with van der Waals surface area (Å²) in [4.78, 5) is 0. The quantitative estimate of drug-likeness (QED) is 0.862. The van der Waals surface area contributed by atoms with Crippen LogP contribution in [0.2, 0.25) is 0 Å². The lowest BCUT2D eigenvalue weighted by Gasteiger charge is -2.09. The Kier molecular flexibility index (Phi) is 4.58. The van der Waals surface area contributed by atoms with E-state index in [0.29, 0.717) is 6.61 Å². The second-order valence-electron chi connectivity index (χ2n) is 4.87. The largest absolute Gasteiger partial charge is 0.493 e. The second kappa shape index (κ2) is 6.38. The van der Waals surface area contributed by atoms with Crippen molar-refractivity contribution in [2.45, 2.75) is 25.8 Å². The molecule has 0 fully saturated rings. The van der Waals surface area contributed by atoms with E-state index < -0.39 is 0 Å². The summed E-state index contributed by atoms with van der Waals surface area (Å²) in [6.07, 6.45) is 3.53. The molecular weight excluding hydrogens is 238 g/mol. The Morgan fingerprint density at radius 3 is 2.89 bits per heavy atom. The van der Waals surface area contributed by atoms with Crippen LogP contribution in [0.4, 0.5) is 0 Å². The highest BCUT2D eigenvalue weighted by molar-refractivity contribution is 5.29. The molecule has 0 saturated carbocycles. The van der Waals surface area contributed by atoms with Gasteiger partial charge in [0.25, 0.3) is 0 Å². The lowest BCUT2D eigenvalue weighted by Crippen LogP contribution is -2.17. The molecule has 102 valence electrons. The van der Waals surface area contributed by atoms with Crippen LogP contribution in [0, 0.1) is 0 Å². The summed E-state index contributed by atoms with van der Waals surface area (Å²) in [5, 5.41) is 4.14. The van der Waals surface area contributed by atoms with Crippen LogP contribution in [0.3, 0.4) is 0 Å². The minimum absolute atomic E-state index is 0.171. The zero-order valence-electron chi connectivity index (χ0n) is 11.5. The molecule has 0 spiro atoms. The zero-order chi connectivity index (χ0) is 13.7. The van der Waals surface area contributed by atoms with Gasteiger partial charge in [-0.15, -0.1) is 0 Å². The van der Waals surface area contributed by atoms with Gasteiger partial charge >= 0.3 is 0 Å². The number of nitrogens with zero attached hydrogens (tertiary/aromatic N) is 2. The standard InChI is InChI=1S/C15H21N3O/c1-12(16)10-13-4-3-5-15(11-13)19-9-7-14-6-8-17-18(14)2/h3-6,8,11-12H,7,9-10,16H2,1-2H3. The molecular formula is C15H21N3O. The molecule has 2 aromatic rings. The Morgan fingerprint density at radius 2 is 2.21 bits per heavy atom. The topological polar surface area (TPSA) is 53.1 Å². The number of ether oxygens (including phenoxy) is 1. The summed E-state index contributed by atoms with van der Waals surface area (Å²) in [6.45, 7) is 2.66. The van der Waals surface area contributed by atoms with Crippen LogP contribution in [-0.2, 0) is 19.9 Å². The molecule has 4 nitrogen and oxygen atoms in total. The number of benzene rings is 1. The lowest BCUT2D eigenvalue weighted by molar-refractivity contribution is 0.318. The third-order valence-corrected chi connectivity index (χ3v) is 3.01. The van der Waals surface area contributed by atoms with E-state index in [2.05, 4.69) is 17.2 Å². The van der Waals surface area contributed by atoms with E-state index in [-0.39, 0.29) is 6.04 Å². The van der Waals surface area contributed by atoms with Gasteiger partial charge in [-0.25, -0.2) is 0 Å².